The van der Waals surface area contributed by atoms with Crippen LogP contribution in [0.15, 0.2) is 91.1 Å². The summed E-state index contributed by atoms with van der Waals surface area (Å²) in [5, 5.41) is 1.07. The fourth-order valence-corrected chi connectivity index (χ4v) is 5.61. The van der Waals surface area contributed by atoms with Gasteiger partial charge in [-0.3, -0.25) is 9.59 Å². The van der Waals surface area contributed by atoms with E-state index in [1.54, 1.807) is 0 Å². The zero-order valence-corrected chi connectivity index (χ0v) is 21.8. The molecule has 0 N–H and O–H groups in total. The molecule has 1 fully saturated rings. The molecule has 5 aromatic rings. The zero-order valence-electron chi connectivity index (χ0n) is 21.8. The number of hydrogen-bond donors (Lipinski definition) is 0. The molecule has 8 heteroatoms. The van der Waals surface area contributed by atoms with E-state index in [1.165, 1.54) is 4.90 Å². The lowest BCUT2D eigenvalue weighted by Crippen LogP contribution is -2.30. The summed E-state index contributed by atoms with van der Waals surface area (Å²) in [5.74, 6) is -7.09. The summed E-state index contributed by atoms with van der Waals surface area (Å²) in [7, 11) is 0. The number of carbonyl (C=O) groups is 2. The van der Waals surface area contributed by atoms with Crippen molar-refractivity contribution < 1.29 is 27.2 Å². The third-order valence-electron chi connectivity index (χ3n) is 7.66. The van der Waals surface area contributed by atoms with E-state index in [4.69, 9.17) is 0 Å². The van der Waals surface area contributed by atoms with Gasteiger partial charge in [-0.15, -0.1) is 0 Å². The first-order chi connectivity index (χ1) is 19.8. The summed E-state index contributed by atoms with van der Waals surface area (Å²) < 4.78 is 58.6. The third-order valence-corrected chi connectivity index (χ3v) is 7.66. The number of ketones is 1. The minimum atomic E-state index is -1.51. The lowest BCUT2D eigenvalue weighted by atomic mass is 9.96. The number of carbonyl (C=O) groups excluding carboxylic acids is 2. The lowest BCUT2D eigenvalue weighted by Gasteiger charge is -2.19. The average Bonchev–Trinajstić information content (AvgIpc) is 3.61. The standard InChI is InChI=1S/C33H24F4N2O2/c34-26-12-10-21(16-28(26)36)32(40)30-24(11-13-27(35)31(30)37)33(41)38-15-14-22(18-38)25-19-39(17-20-6-2-1-3-7-20)29-9-5-4-8-23(25)29/h1-13,16,19,22H,14-15,17-18H2. The number of likely N-dealkylation sites (tertiary alicyclic amines) is 1. The predicted octanol–water partition coefficient (Wildman–Crippen LogP) is 7.11. The van der Waals surface area contributed by atoms with Crippen LogP contribution in [0.1, 0.15) is 49.7 Å². The molecule has 4 aromatic carbocycles. The number of nitrogens with zero attached hydrogens (tertiary/aromatic N) is 2. The number of amides is 1. The molecule has 0 radical (unpaired) electrons. The van der Waals surface area contributed by atoms with E-state index in [0.29, 0.717) is 32.1 Å². The monoisotopic (exact) mass is 556 g/mol. The molecule has 6 rings (SSSR count). The summed E-state index contributed by atoms with van der Waals surface area (Å²) in [6.45, 7) is 1.34. The van der Waals surface area contributed by atoms with Crippen molar-refractivity contribution in [1.29, 1.82) is 0 Å². The summed E-state index contributed by atoms with van der Waals surface area (Å²) in [5.41, 5.74) is 1.77. The third kappa shape index (κ3) is 4.90. The van der Waals surface area contributed by atoms with E-state index < -0.39 is 46.1 Å². The highest BCUT2D eigenvalue weighted by molar-refractivity contribution is 6.15. The topological polar surface area (TPSA) is 42.3 Å². The first-order valence-corrected chi connectivity index (χ1v) is 13.2. The van der Waals surface area contributed by atoms with Gasteiger partial charge in [0.05, 0.1) is 11.1 Å². The van der Waals surface area contributed by atoms with E-state index in [-0.39, 0.29) is 11.5 Å². The Balaban J connectivity index is 1.30. The van der Waals surface area contributed by atoms with Gasteiger partial charge in [-0.05, 0) is 53.9 Å². The van der Waals surface area contributed by atoms with Crippen molar-refractivity contribution >= 4 is 22.6 Å². The summed E-state index contributed by atoms with van der Waals surface area (Å²) in [6, 6.07) is 22.3. The molecule has 1 saturated heterocycles. The number of fused-ring (bicyclic) bond motifs is 1. The minimum absolute atomic E-state index is 0.0171. The molecular weight excluding hydrogens is 532 g/mol. The van der Waals surface area contributed by atoms with Gasteiger partial charge in [0.2, 0.25) is 0 Å². The molecule has 1 aromatic heterocycles. The van der Waals surface area contributed by atoms with E-state index in [0.717, 1.165) is 46.3 Å². The van der Waals surface area contributed by atoms with Crippen molar-refractivity contribution in [3.8, 4) is 0 Å². The molecular formula is C33H24F4N2O2. The number of halogens is 4. The molecule has 1 unspecified atom stereocenters. The number of rotatable bonds is 6. The number of benzene rings is 4. The van der Waals surface area contributed by atoms with Gasteiger partial charge in [-0.25, -0.2) is 17.6 Å². The molecule has 1 aliphatic heterocycles. The van der Waals surface area contributed by atoms with Crippen molar-refractivity contribution in [1.82, 2.24) is 9.47 Å². The van der Waals surface area contributed by atoms with Crippen LogP contribution in [0.4, 0.5) is 17.6 Å². The smallest absolute Gasteiger partial charge is 0.254 e. The fraction of sp³-hybridized carbons (Fsp3) is 0.152. The summed E-state index contributed by atoms with van der Waals surface area (Å²) >= 11 is 0. The first kappa shape index (κ1) is 26.5. The molecule has 0 spiro atoms. The molecule has 4 nitrogen and oxygen atoms in total. The van der Waals surface area contributed by atoms with Crippen LogP contribution in [0.3, 0.4) is 0 Å². The summed E-state index contributed by atoms with van der Waals surface area (Å²) in [4.78, 5) is 28.3. The highest BCUT2D eigenvalue weighted by Crippen LogP contribution is 2.35. The highest BCUT2D eigenvalue weighted by Gasteiger charge is 2.33. The van der Waals surface area contributed by atoms with Gasteiger partial charge in [0.15, 0.2) is 29.1 Å². The van der Waals surface area contributed by atoms with Crippen molar-refractivity contribution in [2.45, 2.75) is 18.9 Å². The van der Waals surface area contributed by atoms with Gasteiger partial charge in [-0.2, -0.15) is 0 Å². The Morgan fingerprint density at radius 2 is 1.54 bits per heavy atom. The van der Waals surface area contributed by atoms with Crippen LogP contribution in [0.5, 0.6) is 0 Å². The molecule has 1 amide bonds. The predicted molar refractivity (Wildman–Crippen MR) is 147 cm³/mol. The second-order valence-corrected chi connectivity index (χ2v) is 10.2. The van der Waals surface area contributed by atoms with E-state index >= 15 is 0 Å². The number of aromatic nitrogens is 1. The normalized spacial score (nSPS) is 15.0. The van der Waals surface area contributed by atoms with Crippen molar-refractivity contribution in [2.24, 2.45) is 0 Å². The van der Waals surface area contributed by atoms with Gasteiger partial charge in [-0.1, -0.05) is 48.5 Å². The maximum Gasteiger partial charge on any atom is 0.254 e. The molecule has 2 heterocycles. The Labute approximate surface area is 233 Å². The molecule has 1 atom stereocenters. The molecule has 0 saturated carbocycles. The van der Waals surface area contributed by atoms with Crippen LogP contribution < -0.4 is 0 Å². The average molecular weight is 557 g/mol. The quantitative estimate of drug-likeness (QED) is 0.165. The van der Waals surface area contributed by atoms with Crippen LogP contribution in [-0.4, -0.2) is 34.2 Å². The van der Waals surface area contributed by atoms with Crippen LogP contribution in [0.25, 0.3) is 10.9 Å². The van der Waals surface area contributed by atoms with Crippen LogP contribution >= 0.6 is 0 Å². The molecule has 206 valence electrons. The first-order valence-electron chi connectivity index (χ1n) is 13.2. The maximum absolute atomic E-state index is 15.0. The van der Waals surface area contributed by atoms with Crippen molar-refractivity contribution in [2.75, 3.05) is 13.1 Å². The van der Waals surface area contributed by atoms with Gasteiger partial charge in [0.1, 0.15) is 0 Å². The number of hydrogen-bond acceptors (Lipinski definition) is 2. The Bertz CT molecular complexity index is 1800. The Hall–Kier alpha value is -4.72. The van der Waals surface area contributed by atoms with Crippen LogP contribution in [-0.2, 0) is 6.54 Å². The molecule has 41 heavy (non-hydrogen) atoms. The van der Waals surface area contributed by atoms with E-state index in [1.807, 2.05) is 36.4 Å². The van der Waals surface area contributed by atoms with E-state index in [9.17, 15) is 27.2 Å². The fourth-order valence-electron chi connectivity index (χ4n) is 5.61. The van der Waals surface area contributed by atoms with Crippen molar-refractivity contribution in [3.63, 3.8) is 0 Å². The Morgan fingerprint density at radius 1 is 0.805 bits per heavy atom. The van der Waals surface area contributed by atoms with Gasteiger partial charge < -0.3 is 9.47 Å². The zero-order chi connectivity index (χ0) is 28.7. The van der Waals surface area contributed by atoms with Gasteiger partial charge in [0.25, 0.3) is 5.91 Å². The molecule has 0 aliphatic carbocycles. The van der Waals surface area contributed by atoms with Crippen LogP contribution in [0, 0.1) is 23.3 Å². The van der Waals surface area contributed by atoms with E-state index in [2.05, 4.69) is 29.0 Å². The number of para-hydroxylation sites is 1. The van der Waals surface area contributed by atoms with Gasteiger partial charge in [0, 0.05) is 48.2 Å². The van der Waals surface area contributed by atoms with Gasteiger partial charge >= 0.3 is 0 Å². The molecule has 0 bridgehead atoms. The second kappa shape index (κ2) is 10.7. The lowest BCUT2D eigenvalue weighted by molar-refractivity contribution is 0.0785. The maximum atomic E-state index is 15.0. The Kier molecular flexibility index (Phi) is 6.91. The molecule has 1 aliphatic rings. The second-order valence-electron chi connectivity index (χ2n) is 10.2. The Morgan fingerprint density at radius 3 is 2.32 bits per heavy atom. The highest BCUT2D eigenvalue weighted by atomic mass is 19.2. The minimum Gasteiger partial charge on any atom is -0.343 e. The largest absolute Gasteiger partial charge is 0.343 e. The van der Waals surface area contributed by atoms with Crippen LogP contribution in [0.2, 0.25) is 0 Å². The van der Waals surface area contributed by atoms with Crippen molar-refractivity contribution in [3.05, 3.63) is 142 Å². The summed E-state index contributed by atoms with van der Waals surface area (Å²) in [6.07, 6.45) is 2.74. The SMILES string of the molecule is O=C(c1ccc(F)c(F)c1)c1c(C(=O)N2CCC(c3cn(Cc4ccccc4)c4ccccc34)C2)ccc(F)c1F.